The van der Waals surface area contributed by atoms with E-state index in [9.17, 15) is 4.79 Å². The molecule has 60 valence electrons. The van der Waals surface area contributed by atoms with Crippen LogP contribution in [-0.4, -0.2) is 12.8 Å². The van der Waals surface area contributed by atoms with E-state index in [0.29, 0.717) is 12.1 Å². The van der Waals surface area contributed by atoms with E-state index in [1.807, 2.05) is 6.07 Å². The van der Waals surface area contributed by atoms with Gasteiger partial charge in [0.05, 0.1) is 18.2 Å². The van der Waals surface area contributed by atoms with Crippen molar-refractivity contribution in [1.82, 2.24) is 0 Å². The highest BCUT2D eigenvalue weighted by Crippen LogP contribution is 2.07. The number of hydrogen-bond acceptors (Lipinski definition) is 3. The number of aldehydes is 1. The molecule has 0 saturated heterocycles. The molecule has 3 nitrogen and oxygen atoms in total. The molecule has 0 atom stereocenters. The smallest absolute Gasteiger partial charge is 0.139 e. The SMILES string of the molecule is N#Cc1ccc(NCC=O)cc1. The van der Waals surface area contributed by atoms with Gasteiger partial charge in [0, 0.05) is 5.69 Å². The molecule has 0 saturated carbocycles. The van der Waals surface area contributed by atoms with Crippen molar-refractivity contribution in [3.8, 4) is 6.07 Å². The monoisotopic (exact) mass is 160 g/mol. The molecule has 0 radical (unpaired) electrons. The van der Waals surface area contributed by atoms with Gasteiger partial charge in [0.2, 0.25) is 0 Å². The number of carbonyl (C=O) groups is 1. The lowest BCUT2D eigenvalue weighted by Crippen LogP contribution is -2.01. The van der Waals surface area contributed by atoms with Gasteiger partial charge >= 0.3 is 0 Å². The van der Waals surface area contributed by atoms with Gasteiger partial charge in [-0.1, -0.05) is 0 Å². The average Bonchev–Trinajstić information content (AvgIpc) is 2.15. The fourth-order valence-corrected chi connectivity index (χ4v) is 0.822. The lowest BCUT2D eigenvalue weighted by atomic mass is 10.2. The number of rotatable bonds is 3. The summed E-state index contributed by atoms with van der Waals surface area (Å²) in [6, 6.07) is 8.95. The molecule has 1 aromatic rings. The molecule has 0 aliphatic rings. The molecule has 0 heterocycles. The first kappa shape index (κ1) is 8.28. The predicted octanol–water partition coefficient (Wildman–Crippen LogP) is 1.17. The highest BCUT2D eigenvalue weighted by molar-refractivity contribution is 5.59. The molecule has 0 spiro atoms. The van der Waals surface area contributed by atoms with Crippen LogP contribution in [0.4, 0.5) is 5.69 Å². The van der Waals surface area contributed by atoms with Crippen molar-refractivity contribution in [2.24, 2.45) is 0 Å². The summed E-state index contributed by atoms with van der Waals surface area (Å²) >= 11 is 0. The molecule has 0 aliphatic carbocycles. The van der Waals surface area contributed by atoms with Crippen LogP contribution in [-0.2, 0) is 4.79 Å². The molecule has 0 fully saturated rings. The zero-order chi connectivity index (χ0) is 8.81. The Labute approximate surface area is 70.6 Å². The molecular formula is C9H8N2O. The number of nitriles is 1. The topological polar surface area (TPSA) is 52.9 Å². The average molecular weight is 160 g/mol. The molecule has 1 rings (SSSR count). The van der Waals surface area contributed by atoms with E-state index >= 15 is 0 Å². The summed E-state index contributed by atoms with van der Waals surface area (Å²) in [4.78, 5) is 9.99. The molecule has 12 heavy (non-hydrogen) atoms. The Balaban J connectivity index is 2.66. The predicted molar refractivity (Wildman–Crippen MR) is 45.7 cm³/mol. The second-order valence-electron chi connectivity index (χ2n) is 2.24. The Hall–Kier alpha value is -1.82. The Morgan fingerprint density at radius 2 is 2.08 bits per heavy atom. The minimum atomic E-state index is 0.298. The number of nitrogens with zero attached hydrogens (tertiary/aromatic N) is 1. The van der Waals surface area contributed by atoms with E-state index in [1.165, 1.54) is 0 Å². The van der Waals surface area contributed by atoms with Gasteiger partial charge in [0.25, 0.3) is 0 Å². The summed E-state index contributed by atoms with van der Waals surface area (Å²) in [7, 11) is 0. The third-order valence-corrected chi connectivity index (χ3v) is 1.40. The number of anilines is 1. The van der Waals surface area contributed by atoms with Crippen LogP contribution in [0.3, 0.4) is 0 Å². The molecular weight excluding hydrogens is 152 g/mol. The van der Waals surface area contributed by atoms with Gasteiger partial charge in [-0.3, -0.25) is 0 Å². The van der Waals surface area contributed by atoms with Crippen molar-refractivity contribution < 1.29 is 4.79 Å². The van der Waals surface area contributed by atoms with Gasteiger partial charge in [0.1, 0.15) is 6.29 Å². The van der Waals surface area contributed by atoms with Gasteiger partial charge in [-0.05, 0) is 24.3 Å². The number of benzene rings is 1. The first-order chi connectivity index (χ1) is 5.86. The minimum absolute atomic E-state index is 0.298. The maximum atomic E-state index is 9.99. The molecule has 3 heteroatoms. The maximum Gasteiger partial charge on any atom is 0.139 e. The van der Waals surface area contributed by atoms with Crippen LogP contribution in [0.15, 0.2) is 24.3 Å². The molecule has 1 aromatic carbocycles. The fourth-order valence-electron chi connectivity index (χ4n) is 0.822. The van der Waals surface area contributed by atoms with E-state index < -0.39 is 0 Å². The minimum Gasteiger partial charge on any atom is -0.378 e. The van der Waals surface area contributed by atoms with Crippen LogP contribution >= 0.6 is 0 Å². The summed E-state index contributed by atoms with van der Waals surface area (Å²) in [6.07, 6.45) is 0.790. The maximum absolute atomic E-state index is 9.99. The van der Waals surface area contributed by atoms with Gasteiger partial charge in [0.15, 0.2) is 0 Å². The van der Waals surface area contributed by atoms with Gasteiger partial charge in [-0.2, -0.15) is 5.26 Å². The third kappa shape index (κ3) is 2.10. The summed E-state index contributed by atoms with van der Waals surface area (Å²) in [5.74, 6) is 0. The Kier molecular flexibility index (Phi) is 2.86. The number of carbonyl (C=O) groups excluding carboxylic acids is 1. The van der Waals surface area contributed by atoms with E-state index in [0.717, 1.165) is 12.0 Å². The Bertz CT molecular complexity index is 297. The second-order valence-corrected chi connectivity index (χ2v) is 2.24. The molecule has 0 aliphatic heterocycles. The van der Waals surface area contributed by atoms with Crippen LogP contribution < -0.4 is 5.32 Å². The van der Waals surface area contributed by atoms with Crippen LogP contribution in [0, 0.1) is 11.3 Å². The van der Waals surface area contributed by atoms with Crippen molar-refractivity contribution in [2.75, 3.05) is 11.9 Å². The van der Waals surface area contributed by atoms with Crippen molar-refractivity contribution in [3.05, 3.63) is 29.8 Å². The quantitative estimate of drug-likeness (QED) is 0.675. The molecule has 0 unspecified atom stereocenters. The molecule has 1 N–H and O–H groups in total. The third-order valence-electron chi connectivity index (χ3n) is 1.40. The first-order valence-corrected chi connectivity index (χ1v) is 3.54. The molecule has 0 aromatic heterocycles. The number of hydrogen-bond donors (Lipinski definition) is 1. The van der Waals surface area contributed by atoms with Crippen molar-refractivity contribution in [3.63, 3.8) is 0 Å². The van der Waals surface area contributed by atoms with Crippen molar-refractivity contribution >= 4 is 12.0 Å². The highest BCUT2D eigenvalue weighted by atomic mass is 16.1. The fraction of sp³-hybridized carbons (Fsp3) is 0.111. The van der Waals surface area contributed by atoms with E-state index in [4.69, 9.17) is 5.26 Å². The lowest BCUT2D eigenvalue weighted by molar-refractivity contribution is -0.106. The van der Waals surface area contributed by atoms with Crippen LogP contribution in [0.1, 0.15) is 5.56 Å². The zero-order valence-corrected chi connectivity index (χ0v) is 6.45. The summed E-state index contributed by atoms with van der Waals surface area (Å²) in [6.45, 7) is 0.298. The zero-order valence-electron chi connectivity index (χ0n) is 6.45. The highest BCUT2D eigenvalue weighted by Gasteiger charge is 1.90. The number of nitrogens with one attached hydrogen (secondary N) is 1. The van der Waals surface area contributed by atoms with Crippen molar-refractivity contribution in [1.29, 1.82) is 5.26 Å². The van der Waals surface area contributed by atoms with Gasteiger partial charge in [-0.25, -0.2) is 0 Å². The molecule has 0 bridgehead atoms. The lowest BCUT2D eigenvalue weighted by Gasteiger charge is -2.00. The Morgan fingerprint density at radius 1 is 1.42 bits per heavy atom. The first-order valence-electron chi connectivity index (χ1n) is 3.54. The van der Waals surface area contributed by atoms with Crippen LogP contribution in [0.25, 0.3) is 0 Å². The van der Waals surface area contributed by atoms with Gasteiger partial charge in [-0.15, -0.1) is 0 Å². The van der Waals surface area contributed by atoms with Gasteiger partial charge < -0.3 is 10.1 Å². The van der Waals surface area contributed by atoms with Crippen molar-refractivity contribution in [2.45, 2.75) is 0 Å². The second kappa shape index (κ2) is 4.14. The standard InChI is InChI=1S/C9H8N2O/c10-7-8-1-3-9(4-2-8)11-5-6-12/h1-4,6,11H,5H2. The summed E-state index contributed by atoms with van der Waals surface area (Å²) in [5.41, 5.74) is 1.47. The van der Waals surface area contributed by atoms with Crippen LogP contribution in [0.5, 0.6) is 0 Å². The van der Waals surface area contributed by atoms with E-state index in [1.54, 1.807) is 24.3 Å². The van der Waals surface area contributed by atoms with E-state index in [-0.39, 0.29) is 0 Å². The van der Waals surface area contributed by atoms with Crippen LogP contribution in [0.2, 0.25) is 0 Å². The van der Waals surface area contributed by atoms with E-state index in [2.05, 4.69) is 5.32 Å². The molecule has 0 amide bonds. The summed E-state index contributed by atoms with van der Waals surface area (Å²) < 4.78 is 0. The summed E-state index contributed by atoms with van der Waals surface area (Å²) in [5, 5.41) is 11.3. The normalized spacial score (nSPS) is 8.58. The largest absolute Gasteiger partial charge is 0.378 e. The Morgan fingerprint density at radius 3 is 2.58 bits per heavy atom.